The highest BCUT2D eigenvalue weighted by Crippen LogP contribution is 2.55. The van der Waals surface area contributed by atoms with E-state index in [2.05, 4.69) is 0 Å². The van der Waals surface area contributed by atoms with E-state index < -0.39 is 31.9 Å². The number of hydrogen-bond donors (Lipinski definition) is 1. The van der Waals surface area contributed by atoms with Gasteiger partial charge in [0.05, 0.1) is 15.9 Å². The second-order valence-electron chi connectivity index (χ2n) is 5.62. The molecule has 1 atom stereocenters. The molecule has 2 fully saturated rings. The number of aliphatic carboxylic acids is 1. The van der Waals surface area contributed by atoms with Gasteiger partial charge in [-0.2, -0.15) is 0 Å². The molecule has 1 N–H and O–H groups in total. The summed E-state index contributed by atoms with van der Waals surface area (Å²) >= 11 is 0. The third-order valence-corrected chi connectivity index (χ3v) is 7.10. The summed E-state index contributed by atoms with van der Waals surface area (Å²) < 4.78 is 22.8. The zero-order valence-corrected chi connectivity index (χ0v) is 10.7. The van der Waals surface area contributed by atoms with Crippen molar-refractivity contribution in [3.8, 4) is 0 Å². The van der Waals surface area contributed by atoms with Crippen molar-refractivity contribution in [2.24, 2.45) is 11.3 Å². The van der Waals surface area contributed by atoms with Crippen LogP contribution in [0.3, 0.4) is 0 Å². The summed E-state index contributed by atoms with van der Waals surface area (Å²) in [6, 6.07) is 0. The highest BCUT2D eigenvalue weighted by atomic mass is 32.2. The lowest BCUT2D eigenvalue weighted by Gasteiger charge is -2.45. The van der Waals surface area contributed by atoms with Gasteiger partial charge < -0.3 is 5.11 Å². The quantitative estimate of drug-likeness (QED) is 0.786. The van der Waals surface area contributed by atoms with Gasteiger partial charge in [0.25, 0.3) is 0 Å². The molecule has 1 aliphatic heterocycles. The molecule has 2 aliphatic rings. The molecule has 0 aromatic heterocycles. The maximum atomic E-state index is 11.9. The van der Waals surface area contributed by atoms with Crippen LogP contribution in [0, 0.1) is 11.3 Å². The van der Waals surface area contributed by atoms with Crippen molar-refractivity contribution in [3.05, 3.63) is 0 Å². The van der Waals surface area contributed by atoms with Crippen LogP contribution >= 0.6 is 0 Å². The first-order valence-corrected chi connectivity index (χ1v) is 7.26. The minimum Gasteiger partial charge on any atom is -0.481 e. The average Bonchev–Trinajstić information content (AvgIpc) is 2.32. The molecular weight excluding hydrogens is 244 g/mol. The highest BCUT2D eigenvalue weighted by Gasteiger charge is 2.64. The summed E-state index contributed by atoms with van der Waals surface area (Å²) in [5, 5.41) is 9.32. The topological polar surface area (TPSA) is 88.5 Å². The van der Waals surface area contributed by atoms with Crippen molar-refractivity contribution in [3.63, 3.8) is 0 Å². The van der Waals surface area contributed by atoms with Crippen molar-refractivity contribution in [2.75, 3.05) is 5.75 Å². The van der Waals surface area contributed by atoms with E-state index in [9.17, 15) is 23.1 Å². The van der Waals surface area contributed by atoms with Gasteiger partial charge in [-0.15, -0.1) is 0 Å². The molecule has 96 valence electrons. The Balaban J connectivity index is 2.42. The number of rotatable bonds is 2. The fourth-order valence-corrected chi connectivity index (χ4v) is 5.09. The number of carbonyl (C=O) groups is 2. The summed E-state index contributed by atoms with van der Waals surface area (Å²) in [5.74, 6) is -1.57. The largest absolute Gasteiger partial charge is 0.481 e. The first kappa shape index (κ1) is 12.5. The van der Waals surface area contributed by atoms with E-state index in [0.29, 0.717) is 6.42 Å². The van der Waals surface area contributed by atoms with E-state index in [-0.39, 0.29) is 24.4 Å². The molecule has 0 aromatic carbocycles. The Morgan fingerprint density at radius 3 is 2.18 bits per heavy atom. The van der Waals surface area contributed by atoms with Gasteiger partial charge in [0, 0.05) is 12.8 Å². The van der Waals surface area contributed by atoms with Crippen molar-refractivity contribution >= 4 is 21.6 Å². The van der Waals surface area contributed by atoms with Crippen LogP contribution in [0.4, 0.5) is 0 Å². The molecule has 1 saturated carbocycles. The van der Waals surface area contributed by atoms with Gasteiger partial charge in [-0.3, -0.25) is 9.59 Å². The summed E-state index contributed by atoms with van der Waals surface area (Å²) in [5.41, 5.74) is -1.15. The summed E-state index contributed by atoms with van der Waals surface area (Å²) in [6.45, 7) is 3.15. The monoisotopic (exact) mass is 260 g/mol. The molecule has 0 bridgehead atoms. The number of ketones is 1. The predicted octanol–water partition coefficient (Wildman–Crippen LogP) is 0.634. The Labute approximate surface area is 100 Å². The average molecular weight is 260 g/mol. The van der Waals surface area contributed by atoms with Crippen molar-refractivity contribution in [1.29, 1.82) is 0 Å². The molecule has 1 aliphatic carbocycles. The molecule has 0 spiro atoms. The molecule has 17 heavy (non-hydrogen) atoms. The summed E-state index contributed by atoms with van der Waals surface area (Å²) in [7, 11) is -3.26. The van der Waals surface area contributed by atoms with Gasteiger partial charge in [0.15, 0.2) is 9.84 Å². The SMILES string of the molecule is CC1(C)C(C2(C(=O)O)CC(=O)C2)CCS1(=O)=O. The van der Waals surface area contributed by atoms with Crippen molar-refractivity contribution in [1.82, 2.24) is 0 Å². The molecule has 0 radical (unpaired) electrons. The van der Waals surface area contributed by atoms with Gasteiger partial charge >= 0.3 is 5.97 Å². The number of carbonyl (C=O) groups excluding carboxylic acids is 1. The van der Waals surface area contributed by atoms with Crippen LogP contribution in [0.15, 0.2) is 0 Å². The summed E-state index contributed by atoms with van der Waals surface area (Å²) in [4.78, 5) is 22.5. The molecule has 1 saturated heterocycles. The van der Waals surface area contributed by atoms with Crippen LogP contribution in [-0.2, 0) is 19.4 Å². The van der Waals surface area contributed by atoms with Crippen LogP contribution < -0.4 is 0 Å². The zero-order chi connectivity index (χ0) is 13.1. The number of Topliss-reactive ketones (excluding diaryl/α,β-unsaturated/α-hetero) is 1. The van der Waals surface area contributed by atoms with Crippen LogP contribution in [0.25, 0.3) is 0 Å². The Morgan fingerprint density at radius 1 is 1.35 bits per heavy atom. The number of carboxylic acid groups (broad SMARTS) is 1. The first-order valence-electron chi connectivity index (χ1n) is 5.61. The Kier molecular flexibility index (Phi) is 2.44. The molecule has 0 amide bonds. The Hall–Kier alpha value is -0.910. The molecule has 1 unspecified atom stereocenters. The third kappa shape index (κ3) is 1.46. The second-order valence-corrected chi connectivity index (χ2v) is 8.31. The van der Waals surface area contributed by atoms with E-state index >= 15 is 0 Å². The first-order chi connectivity index (χ1) is 7.63. The fourth-order valence-electron chi connectivity index (χ4n) is 3.24. The van der Waals surface area contributed by atoms with Gasteiger partial charge in [-0.25, -0.2) is 8.42 Å². The number of sulfone groups is 1. The van der Waals surface area contributed by atoms with Gasteiger partial charge in [-0.1, -0.05) is 0 Å². The third-order valence-electron chi connectivity index (χ3n) is 4.43. The number of carboxylic acids is 1. The van der Waals surface area contributed by atoms with Crippen LogP contribution in [-0.4, -0.2) is 35.8 Å². The van der Waals surface area contributed by atoms with Gasteiger partial charge in [0.2, 0.25) is 0 Å². The van der Waals surface area contributed by atoms with Crippen molar-refractivity contribution in [2.45, 2.75) is 37.9 Å². The van der Waals surface area contributed by atoms with Crippen molar-refractivity contribution < 1.29 is 23.1 Å². The minimum absolute atomic E-state index is 0.0217. The Morgan fingerprint density at radius 2 is 1.88 bits per heavy atom. The number of hydrogen-bond acceptors (Lipinski definition) is 4. The molecule has 5 nitrogen and oxygen atoms in total. The second kappa shape index (κ2) is 3.31. The van der Waals surface area contributed by atoms with E-state index in [1.165, 1.54) is 0 Å². The molecule has 2 rings (SSSR count). The summed E-state index contributed by atoms with van der Waals surface area (Å²) in [6.07, 6.45) is 0.298. The smallest absolute Gasteiger partial charge is 0.310 e. The molecular formula is C11H16O5S. The minimum atomic E-state index is -3.26. The zero-order valence-electron chi connectivity index (χ0n) is 9.89. The highest BCUT2D eigenvalue weighted by molar-refractivity contribution is 7.93. The van der Waals surface area contributed by atoms with E-state index in [1.807, 2.05) is 0 Å². The maximum absolute atomic E-state index is 11.9. The maximum Gasteiger partial charge on any atom is 0.310 e. The lowest BCUT2D eigenvalue weighted by molar-refractivity contribution is -0.167. The Bertz CT molecular complexity index is 480. The van der Waals surface area contributed by atoms with E-state index in [1.54, 1.807) is 13.8 Å². The van der Waals surface area contributed by atoms with Gasteiger partial charge in [-0.05, 0) is 26.2 Å². The van der Waals surface area contributed by atoms with E-state index in [4.69, 9.17) is 0 Å². The fraction of sp³-hybridized carbons (Fsp3) is 0.818. The van der Waals surface area contributed by atoms with Crippen LogP contribution in [0.1, 0.15) is 33.1 Å². The van der Waals surface area contributed by atoms with Crippen LogP contribution in [0.2, 0.25) is 0 Å². The normalized spacial score (nSPS) is 33.1. The lowest BCUT2D eigenvalue weighted by Crippen LogP contribution is -2.55. The van der Waals surface area contributed by atoms with E-state index in [0.717, 1.165) is 0 Å². The van der Waals surface area contributed by atoms with Gasteiger partial charge in [0.1, 0.15) is 5.78 Å². The molecule has 6 heteroatoms. The van der Waals surface area contributed by atoms with Crippen LogP contribution in [0.5, 0.6) is 0 Å². The lowest BCUT2D eigenvalue weighted by atomic mass is 9.57. The standard InChI is InChI=1S/C11H16O5S/c1-10(2)8(3-4-17(10,15)16)11(9(13)14)5-7(12)6-11/h8H,3-6H2,1-2H3,(H,13,14). The molecule has 0 aromatic rings. The molecule has 1 heterocycles. The predicted molar refractivity (Wildman–Crippen MR) is 60.3 cm³/mol.